The number of nitrogens with zero attached hydrogens (tertiary/aromatic N) is 3. The Balaban J connectivity index is 0.00000312. The van der Waals surface area contributed by atoms with E-state index in [1.165, 1.54) is 11.9 Å². The van der Waals surface area contributed by atoms with Crippen molar-refractivity contribution in [1.29, 1.82) is 0 Å². The molecular formula is C17H28ClN5OS. The molecule has 1 aliphatic rings. The van der Waals surface area contributed by atoms with E-state index < -0.39 is 0 Å². The number of hydrogen-bond donors (Lipinski definition) is 3. The summed E-state index contributed by atoms with van der Waals surface area (Å²) in [6.07, 6.45) is 0. The molecule has 1 aliphatic heterocycles. The molecule has 0 aromatic heterocycles. The van der Waals surface area contributed by atoms with Gasteiger partial charge >= 0.3 is 0 Å². The van der Waals surface area contributed by atoms with Crippen LogP contribution in [0.3, 0.4) is 0 Å². The second-order valence-corrected chi connectivity index (χ2v) is 8.97. The minimum atomic E-state index is -0.173. The SMILES string of the molecule is CC(C)(C)c1cc(N2CN=C(N=C(N)N)S2)cc(C(C)(C)C)c1O.Cl. The average molecular weight is 386 g/mol. The van der Waals surface area contributed by atoms with E-state index in [0.29, 0.717) is 17.6 Å². The van der Waals surface area contributed by atoms with Crippen molar-refractivity contribution in [2.75, 3.05) is 11.0 Å². The zero-order chi connectivity index (χ0) is 18.3. The summed E-state index contributed by atoms with van der Waals surface area (Å²) < 4.78 is 2.02. The summed E-state index contributed by atoms with van der Waals surface area (Å²) in [5, 5.41) is 11.3. The number of hydrogen-bond acceptors (Lipinski definition) is 5. The first-order valence-electron chi connectivity index (χ1n) is 7.87. The van der Waals surface area contributed by atoms with Gasteiger partial charge in [-0.25, -0.2) is 4.99 Å². The number of phenols is 1. The van der Waals surface area contributed by atoms with Crippen LogP contribution in [0.2, 0.25) is 0 Å². The maximum Gasteiger partial charge on any atom is 0.209 e. The Morgan fingerprint density at radius 2 is 1.60 bits per heavy atom. The molecule has 8 heteroatoms. The molecule has 1 heterocycles. The lowest BCUT2D eigenvalue weighted by atomic mass is 9.79. The van der Waals surface area contributed by atoms with Gasteiger partial charge in [0, 0.05) is 23.1 Å². The molecule has 0 atom stereocenters. The maximum absolute atomic E-state index is 10.8. The standard InChI is InChI=1S/C17H27N5OS.ClH/c1-16(2,3)11-7-10(8-12(13(11)23)17(4,5)6)22-9-20-15(24-22)21-14(18)19;/h7-8,23H,9H2,1-6H3,(H4,18,19,20,21);1H. The first kappa shape index (κ1) is 21.4. The van der Waals surface area contributed by atoms with E-state index in [1.807, 2.05) is 16.4 Å². The third-order valence-corrected chi connectivity index (χ3v) is 4.68. The number of rotatable bonds is 1. The van der Waals surface area contributed by atoms with Crippen molar-refractivity contribution in [3.05, 3.63) is 23.3 Å². The smallest absolute Gasteiger partial charge is 0.209 e. The highest BCUT2D eigenvalue weighted by Crippen LogP contribution is 2.43. The molecule has 5 N–H and O–H groups in total. The third kappa shape index (κ3) is 4.95. The van der Waals surface area contributed by atoms with Crippen LogP contribution in [0.15, 0.2) is 22.1 Å². The van der Waals surface area contributed by atoms with Gasteiger partial charge in [-0.05, 0) is 23.0 Å². The molecule has 0 saturated heterocycles. The molecule has 0 aliphatic carbocycles. The van der Waals surface area contributed by atoms with Crippen molar-refractivity contribution >= 4 is 41.2 Å². The van der Waals surface area contributed by atoms with Gasteiger partial charge in [0.1, 0.15) is 12.4 Å². The summed E-state index contributed by atoms with van der Waals surface area (Å²) in [6.45, 7) is 13.0. The fourth-order valence-electron chi connectivity index (χ4n) is 2.49. The maximum atomic E-state index is 10.8. The summed E-state index contributed by atoms with van der Waals surface area (Å²) in [5.74, 6) is 0.368. The number of anilines is 1. The van der Waals surface area contributed by atoms with Crippen molar-refractivity contribution in [3.63, 3.8) is 0 Å². The zero-order valence-corrected chi connectivity index (χ0v) is 17.3. The molecule has 0 bridgehead atoms. The largest absolute Gasteiger partial charge is 0.507 e. The van der Waals surface area contributed by atoms with Gasteiger partial charge in [-0.2, -0.15) is 4.99 Å². The van der Waals surface area contributed by atoms with Gasteiger partial charge in [-0.3, -0.25) is 4.31 Å². The highest BCUT2D eigenvalue weighted by molar-refractivity contribution is 8.15. The second-order valence-electron chi connectivity index (χ2n) is 7.98. The Hall–Kier alpha value is -1.60. The number of nitrogens with two attached hydrogens (primary N) is 2. The van der Waals surface area contributed by atoms with Gasteiger partial charge in [0.2, 0.25) is 5.17 Å². The van der Waals surface area contributed by atoms with E-state index in [0.717, 1.165) is 16.8 Å². The van der Waals surface area contributed by atoms with Crippen LogP contribution >= 0.6 is 24.4 Å². The van der Waals surface area contributed by atoms with Crippen LogP contribution in [0.1, 0.15) is 52.7 Å². The number of phenolic OH excluding ortho intramolecular Hbond substituents is 1. The van der Waals surface area contributed by atoms with Crippen LogP contribution in [-0.2, 0) is 10.8 Å². The second kappa shape index (κ2) is 7.33. The fourth-order valence-corrected chi connectivity index (χ4v) is 3.27. The number of halogens is 1. The number of aliphatic imine (C=N–C) groups is 2. The van der Waals surface area contributed by atoms with Crippen molar-refractivity contribution in [3.8, 4) is 5.75 Å². The summed E-state index contributed by atoms with van der Waals surface area (Å²) >= 11 is 1.39. The van der Waals surface area contributed by atoms with Crippen molar-refractivity contribution in [1.82, 2.24) is 0 Å². The molecule has 0 fully saturated rings. The van der Waals surface area contributed by atoms with Gasteiger partial charge in [0.05, 0.1) is 5.69 Å². The molecule has 1 aromatic carbocycles. The Kier molecular flexibility index (Phi) is 6.29. The number of aromatic hydroxyl groups is 1. The summed E-state index contributed by atoms with van der Waals surface area (Å²) in [4.78, 5) is 8.34. The van der Waals surface area contributed by atoms with Crippen LogP contribution < -0.4 is 15.8 Å². The highest BCUT2D eigenvalue weighted by atomic mass is 35.5. The fraction of sp³-hybridized carbons (Fsp3) is 0.529. The molecular weight excluding hydrogens is 358 g/mol. The highest BCUT2D eigenvalue weighted by Gasteiger charge is 2.29. The molecule has 0 unspecified atom stereocenters. The number of amidine groups is 1. The molecule has 0 spiro atoms. The molecule has 140 valence electrons. The van der Waals surface area contributed by atoms with E-state index in [2.05, 4.69) is 51.5 Å². The molecule has 1 aromatic rings. The van der Waals surface area contributed by atoms with Gasteiger partial charge < -0.3 is 16.6 Å². The van der Waals surface area contributed by atoms with Crippen molar-refractivity contribution in [2.24, 2.45) is 21.5 Å². The Bertz CT molecular complexity index is 665. The van der Waals surface area contributed by atoms with Crippen LogP contribution in [0.5, 0.6) is 5.75 Å². The Labute approximate surface area is 160 Å². The van der Waals surface area contributed by atoms with E-state index in [9.17, 15) is 5.11 Å². The molecule has 0 radical (unpaired) electrons. The molecule has 0 saturated carbocycles. The first-order valence-corrected chi connectivity index (χ1v) is 8.64. The van der Waals surface area contributed by atoms with Crippen molar-refractivity contribution < 1.29 is 5.11 Å². The van der Waals surface area contributed by atoms with Gasteiger partial charge in [-0.15, -0.1) is 12.4 Å². The van der Waals surface area contributed by atoms with E-state index in [-0.39, 0.29) is 29.2 Å². The van der Waals surface area contributed by atoms with Gasteiger partial charge in [-0.1, -0.05) is 41.5 Å². The van der Waals surface area contributed by atoms with Crippen LogP contribution in [0, 0.1) is 0 Å². The van der Waals surface area contributed by atoms with Gasteiger partial charge in [0.15, 0.2) is 5.96 Å². The lowest BCUT2D eigenvalue weighted by molar-refractivity contribution is 0.423. The van der Waals surface area contributed by atoms with Crippen LogP contribution in [0.25, 0.3) is 0 Å². The minimum absolute atomic E-state index is 0. The molecule has 6 nitrogen and oxygen atoms in total. The number of benzene rings is 1. The quantitative estimate of drug-likeness (QED) is 0.390. The normalized spacial score (nSPS) is 14.8. The van der Waals surface area contributed by atoms with Crippen molar-refractivity contribution in [2.45, 2.75) is 52.4 Å². The van der Waals surface area contributed by atoms with E-state index in [1.54, 1.807) is 0 Å². The van der Waals surface area contributed by atoms with Crippen LogP contribution in [0.4, 0.5) is 5.69 Å². The van der Waals surface area contributed by atoms with E-state index >= 15 is 0 Å². The summed E-state index contributed by atoms with van der Waals surface area (Å²) in [5.41, 5.74) is 13.3. The monoisotopic (exact) mass is 385 g/mol. The van der Waals surface area contributed by atoms with Gasteiger partial charge in [0.25, 0.3) is 0 Å². The minimum Gasteiger partial charge on any atom is -0.507 e. The van der Waals surface area contributed by atoms with E-state index in [4.69, 9.17) is 11.5 Å². The molecule has 25 heavy (non-hydrogen) atoms. The average Bonchev–Trinajstić information content (AvgIpc) is 2.83. The summed E-state index contributed by atoms with van der Waals surface area (Å²) in [6, 6.07) is 4.04. The molecule has 0 amide bonds. The predicted molar refractivity (Wildman–Crippen MR) is 111 cm³/mol. The zero-order valence-electron chi connectivity index (χ0n) is 15.6. The first-order chi connectivity index (χ1) is 10.9. The molecule has 2 rings (SSSR count). The summed E-state index contributed by atoms with van der Waals surface area (Å²) in [7, 11) is 0. The lowest BCUT2D eigenvalue weighted by Gasteiger charge is -2.29. The Morgan fingerprint density at radius 1 is 1.12 bits per heavy atom. The topological polar surface area (TPSA) is 100 Å². The predicted octanol–water partition coefficient (Wildman–Crippen LogP) is 3.46. The lowest BCUT2D eigenvalue weighted by Crippen LogP contribution is -2.23. The number of guanidine groups is 1. The Morgan fingerprint density at radius 3 is 2.00 bits per heavy atom. The van der Waals surface area contributed by atoms with Crippen LogP contribution in [-0.4, -0.2) is 22.9 Å². The third-order valence-electron chi connectivity index (χ3n) is 3.75.